The highest BCUT2D eigenvalue weighted by Gasteiger charge is 2.42. The number of aryl methyl sites for hydroxylation is 1. The van der Waals surface area contributed by atoms with Crippen molar-refractivity contribution < 1.29 is 0 Å². The second-order valence-electron chi connectivity index (χ2n) is 5.75. The highest BCUT2D eigenvalue weighted by atomic mass is 35.6. The van der Waals surface area contributed by atoms with E-state index in [1.807, 2.05) is 0 Å². The molecule has 0 spiro atoms. The lowest BCUT2D eigenvalue weighted by Crippen LogP contribution is -2.47. The molecule has 0 fully saturated rings. The molecule has 0 aliphatic carbocycles. The summed E-state index contributed by atoms with van der Waals surface area (Å²) in [5, 5.41) is 2.73. The Bertz CT molecular complexity index is 549. The van der Waals surface area contributed by atoms with Gasteiger partial charge in [-0.3, -0.25) is 0 Å². The van der Waals surface area contributed by atoms with Crippen molar-refractivity contribution in [3.05, 3.63) is 30.5 Å². The Balaban J connectivity index is 2.73. The number of fused-ring (bicyclic) bond motifs is 1. The third kappa shape index (κ3) is 1.92. The van der Waals surface area contributed by atoms with Crippen molar-refractivity contribution in [1.82, 2.24) is 4.57 Å². The molecule has 2 rings (SSSR count). The van der Waals surface area contributed by atoms with E-state index >= 15 is 0 Å². The number of nitrogens with zero attached hydrogens (tertiary/aromatic N) is 1. The van der Waals surface area contributed by atoms with Crippen LogP contribution in [0.3, 0.4) is 0 Å². The topological polar surface area (TPSA) is 4.93 Å². The first-order chi connectivity index (χ1) is 8.39. The van der Waals surface area contributed by atoms with Gasteiger partial charge in [0.05, 0.1) is 0 Å². The van der Waals surface area contributed by atoms with Gasteiger partial charge in [-0.15, -0.1) is 0 Å². The molecular weight excluding hydrogens is 258 g/mol. The van der Waals surface area contributed by atoms with Gasteiger partial charge in [-0.1, -0.05) is 45.9 Å². The van der Waals surface area contributed by atoms with Crippen molar-refractivity contribution in [1.29, 1.82) is 0 Å². The zero-order valence-electron chi connectivity index (χ0n) is 11.9. The van der Waals surface area contributed by atoms with E-state index in [-0.39, 0.29) is 0 Å². The van der Waals surface area contributed by atoms with Crippen molar-refractivity contribution in [3.8, 4) is 0 Å². The maximum atomic E-state index is 7.15. The van der Waals surface area contributed by atoms with E-state index in [4.69, 9.17) is 11.1 Å². The van der Waals surface area contributed by atoms with E-state index in [2.05, 4.69) is 69.8 Å². The van der Waals surface area contributed by atoms with Gasteiger partial charge in [0.15, 0.2) is 7.38 Å². The minimum atomic E-state index is -1.97. The Kier molecular flexibility index (Phi) is 3.61. The van der Waals surface area contributed by atoms with Crippen LogP contribution in [0.15, 0.2) is 30.5 Å². The lowest BCUT2D eigenvalue weighted by Gasteiger charge is -2.32. The maximum absolute atomic E-state index is 7.15. The van der Waals surface area contributed by atoms with Crippen LogP contribution in [0.5, 0.6) is 0 Å². The smallest absolute Gasteiger partial charge is 0.194 e. The molecule has 0 unspecified atom stereocenters. The normalized spacial score (nSPS) is 12.9. The molecule has 1 aromatic carbocycles. The van der Waals surface area contributed by atoms with E-state index in [0.29, 0.717) is 11.1 Å². The van der Waals surface area contributed by atoms with Crippen LogP contribution in [0.2, 0.25) is 11.1 Å². The average Bonchev–Trinajstić information content (AvgIpc) is 2.66. The first kappa shape index (κ1) is 13.7. The SMILES string of the molecule is CC(C)[Si](Cl)(c1cn(C)c2ccccc12)C(C)C. The predicted octanol–water partition coefficient (Wildman–Crippen LogP) is 4.39. The quantitative estimate of drug-likeness (QED) is 0.580. The Labute approximate surface area is 115 Å². The number of benzene rings is 1. The summed E-state index contributed by atoms with van der Waals surface area (Å²) in [7, 11) is 0.137. The fourth-order valence-electron chi connectivity index (χ4n) is 2.94. The fraction of sp³-hybridized carbons (Fsp3) is 0.467. The molecular formula is C15H22ClNSi. The van der Waals surface area contributed by atoms with Crippen LogP contribution in [-0.4, -0.2) is 12.0 Å². The molecule has 0 amide bonds. The second kappa shape index (κ2) is 4.75. The number of aromatic nitrogens is 1. The maximum Gasteiger partial charge on any atom is 0.194 e. The van der Waals surface area contributed by atoms with Gasteiger partial charge in [-0.2, -0.15) is 11.1 Å². The molecule has 0 N–H and O–H groups in total. The molecule has 2 aromatic rings. The second-order valence-corrected chi connectivity index (χ2v) is 12.0. The van der Waals surface area contributed by atoms with Gasteiger partial charge in [0.25, 0.3) is 0 Å². The van der Waals surface area contributed by atoms with Gasteiger partial charge < -0.3 is 4.57 Å². The van der Waals surface area contributed by atoms with Gasteiger partial charge in [-0.25, -0.2) is 0 Å². The van der Waals surface area contributed by atoms with Crippen LogP contribution in [0.4, 0.5) is 0 Å². The summed E-state index contributed by atoms with van der Waals surface area (Å²) in [5.74, 6) is 0. The molecule has 3 heteroatoms. The number of hydrogen-bond acceptors (Lipinski definition) is 0. The number of para-hydroxylation sites is 1. The Morgan fingerprint density at radius 3 is 2.17 bits per heavy atom. The summed E-state index contributed by atoms with van der Waals surface area (Å²) < 4.78 is 2.21. The Morgan fingerprint density at radius 1 is 1.06 bits per heavy atom. The lowest BCUT2D eigenvalue weighted by atomic mass is 10.2. The Hall–Kier alpha value is -0.733. The molecule has 0 aliphatic rings. The van der Waals surface area contributed by atoms with Gasteiger partial charge in [0.2, 0.25) is 0 Å². The van der Waals surface area contributed by atoms with Gasteiger partial charge in [0, 0.05) is 24.1 Å². The van der Waals surface area contributed by atoms with Crippen LogP contribution in [0.25, 0.3) is 10.9 Å². The molecule has 0 saturated carbocycles. The van der Waals surface area contributed by atoms with Crippen molar-refractivity contribution in [3.63, 3.8) is 0 Å². The fourth-order valence-corrected chi connectivity index (χ4v) is 6.98. The summed E-state index contributed by atoms with van der Waals surface area (Å²) in [6.07, 6.45) is 2.25. The van der Waals surface area contributed by atoms with Crippen LogP contribution in [-0.2, 0) is 7.05 Å². The van der Waals surface area contributed by atoms with Crippen LogP contribution >= 0.6 is 11.1 Å². The van der Waals surface area contributed by atoms with Crippen molar-refractivity contribution in [2.24, 2.45) is 7.05 Å². The number of rotatable bonds is 3. The van der Waals surface area contributed by atoms with Gasteiger partial charge in [-0.05, 0) is 22.3 Å². The van der Waals surface area contributed by atoms with Crippen molar-refractivity contribution >= 4 is 34.6 Å². The largest absolute Gasteiger partial charge is 0.351 e. The summed E-state index contributed by atoms with van der Waals surface area (Å²) >= 11 is 7.15. The summed E-state index contributed by atoms with van der Waals surface area (Å²) in [6, 6.07) is 8.58. The molecule has 0 radical (unpaired) electrons. The molecule has 0 bridgehead atoms. The van der Waals surface area contributed by atoms with E-state index in [0.717, 1.165) is 0 Å². The molecule has 18 heavy (non-hydrogen) atoms. The summed E-state index contributed by atoms with van der Waals surface area (Å²) in [5.41, 5.74) is 2.35. The zero-order valence-corrected chi connectivity index (χ0v) is 13.6. The Morgan fingerprint density at radius 2 is 1.61 bits per heavy atom. The third-order valence-corrected chi connectivity index (χ3v) is 11.8. The molecule has 98 valence electrons. The molecule has 1 aromatic heterocycles. The van der Waals surface area contributed by atoms with Crippen molar-refractivity contribution in [2.75, 3.05) is 0 Å². The van der Waals surface area contributed by atoms with Crippen molar-refractivity contribution in [2.45, 2.75) is 38.8 Å². The first-order valence-electron chi connectivity index (χ1n) is 6.62. The van der Waals surface area contributed by atoms with Crippen LogP contribution in [0.1, 0.15) is 27.7 Å². The molecule has 0 atom stereocenters. The van der Waals surface area contributed by atoms with Crippen LogP contribution in [0, 0.1) is 0 Å². The monoisotopic (exact) mass is 279 g/mol. The number of halogens is 1. The summed E-state index contributed by atoms with van der Waals surface area (Å²) in [4.78, 5) is 0. The van der Waals surface area contributed by atoms with E-state index in [1.165, 1.54) is 16.1 Å². The molecule has 0 saturated heterocycles. The molecule has 0 aliphatic heterocycles. The van der Waals surface area contributed by atoms with E-state index < -0.39 is 7.38 Å². The summed E-state index contributed by atoms with van der Waals surface area (Å²) in [6.45, 7) is 9.06. The number of hydrogen-bond donors (Lipinski definition) is 0. The standard InChI is InChI=1S/C15H22ClNSi/c1-11(2)18(16,12(3)4)15-10-17(5)14-9-7-6-8-13(14)15/h6-12H,1-5H3. The average molecular weight is 280 g/mol. The molecule has 1 heterocycles. The van der Waals surface area contributed by atoms with Gasteiger partial charge in [0.1, 0.15) is 0 Å². The molecule has 1 nitrogen and oxygen atoms in total. The zero-order chi connectivity index (χ0) is 13.5. The van der Waals surface area contributed by atoms with E-state index in [9.17, 15) is 0 Å². The highest BCUT2D eigenvalue weighted by Crippen LogP contribution is 2.37. The van der Waals surface area contributed by atoms with Crippen LogP contribution < -0.4 is 5.19 Å². The third-order valence-electron chi connectivity index (χ3n) is 3.99. The highest BCUT2D eigenvalue weighted by molar-refractivity contribution is 7.29. The van der Waals surface area contributed by atoms with E-state index in [1.54, 1.807) is 0 Å². The minimum Gasteiger partial charge on any atom is -0.351 e. The minimum absolute atomic E-state index is 0.532. The predicted molar refractivity (Wildman–Crippen MR) is 84.4 cm³/mol. The first-order valence-corrected chi connectivity index (χ1v) is 9.79. The van der Waals surface area contributed by atoms with Gasteiger partial charge >= 0.3 is 0 Å². The lowest BCUT2D eigenvalue weighted by molar-refractivity contribution is 0.935.